The van der Waals surface area contributed by atoms with E-state index in [1.807, 2.05) is 0 Å². The minimum atomic E-state index is -0.811. The van der Waals surface area contributed by atoms with Crippen molar-refractivity contribution in [2.45, 2.75) is 12.1 Å². The summed E-state index contributed by atoms with van der Waals surface area (Å²) in [5.41, 5.74) is 0. The first kappa shape index (κ1) is 15.9. The molecule has 0 radical (unpaired) electrons. The van der Waals surface area contributed by atoms with Crippen LogP contribution in [0.25, 0.3) is 0 Å². The lowest BCUT2D eigenvalue weighted by molar-refractivity contribution is -0.126. The maximum absolute atomic E-state index is 11.9. The van der Waals surface area contributed by atoms with Crippen LogP contribution in [-0.4, -0.2) is 62.9 Å². The van der Waals surface area contributed by atoms with Crippen LogP contribution < -0.4 is 24.8 Å². The molecule has 0 bridgehead atoms. The fourth-order valence-corrected chi connectivity index (χ4v) is 2.29. The number of hydrogen-bond donors (Lipinski definition) is 3. The van der Waals surface area contributed by atoms with Gasteiger partial charge in [0.1, 0.15) is 24.5 Å². The summed E-state index contributed by atoms with van der Waals surface area (Å²) in [5, 5.41) is 15.6. The van der Waals surface area contributed by atoms with Crippen molar-refractivity contribution in [1.29, 1.82) is 0 Å². The van der Waals surface area contributed by atoms with Gasteiger partial charge in [-0.25, -0.2) is 0 Å². The number of carbonyl (C=O) groups excluding carboxylic acids is 1. The van der Waals surface area contributed by atoms with Gasteiger partial charge in [-0.3, -0.25) is 4.79 Å². The molecule has 8 heteroatoms. The zero-order valence-corrected chi connectivity index (χ0v) is 12.6. The van der Waals surface area contributed by atoms with E-state index >= 15 is 0 Å². The summed E-state index contributed by atoms with van der Waals surface area (Å²) in [6, 6.07) is 4.82. The van der Waals surface area contributed by atoms with Crippen LogP contribution in [0, 0.1) is 0 Å². The summed E-state index contributed by atoms with van der Waals surface area (Å²) in [7, 11) is 0. The van der Waals surface area contributed by atoms with Crippen molar-refractivity contribution in [3.05, 3.63) is 18.2 Å². The Labute approximate surface area is 133 Å². The molecule has 3 N–H and O–H groups in total. The SMILES string of the molecule is O=C(NCC(O)COc1ccc2c(c1)OCO2)C1COCCN1. The third kappa shape index (κ3) is 4.25. The van der Waals surface area contributed by atoms with Crippen LogP contribution in [0.1, 0.15) is 0 Å². The number of ether oxygens (including phenoxy) is 4. The lowest BCUT2D eigenvalue weighted by Crippen LogP contribution is -2.52. The molecule has 2 aliphatic heterocycles. The number of amides is 1. The molecule has 23 heavy (non-hydrogen) atoms. The molecule has 1 saturated heterocycles. The highest BCUT2D eigenvalue weighted by Crippen LogP contribution is 2.35. The van der Waals surface area contributed by atoms with E-state index in [9.17, 15) is 9.90 Å². The van der Waals surface area contributed by atoms with Gasteiger partial charge < -0.3 is 34.7 Å². The van der Waals surface area contributed by atoms with Crippen LogP contribution >= 0.6 is 0 Å². The molecule has 3 rings (SSSR count). The fraction of sp³-hybridized carbons (Fsp3) is 0.533. The van der Waals surface area contributed by atoms with Gasteiger partial charge in [-0.05, 0) is 12.1 Å². The maximum atomic E-state index is 11.9. The number of carbonyl (C=O) groups is 1. The standard InChI is InChI=1S/C15H20N2O6/c18-10(6-17-15(19)12-8-20-4-3-16-12)7-21-11-1-2-13-14(5-11)23-9-22-13/h1-2,5,10,12,16,18H,3-4,6-9H2,(H,17,19). The minimum absolute atomic E-state index is 0.0640. The topological polar surface area (TPSA) is 98.3 Å². The van der Waals surface area contributed by atoms with Crippen LogP contribution in [0.15, 0.2) is 18.2 Å². The Bertz CT molecular complexity index is 547. The van der Waals surface area contributed by atoms with Crippen molar-refractivity contribution < 1.29 is 28.8 Å². The van der Waals surface area contributed by atoms with E-state index in [-0.39, 0.29) is 31.9 Å². The van der Waals surface area contributed by atoms with E-state index in [4.69, 9.17) is 18.9 Å². The summed E-state index contributed by atoms with van der Waals surface area (Å²) in [6.45, 7) is 1.97. The molecule has 2 atom stereocenters. The molecule has 1 fully saturated rings. The zero-order chi connectivity index (χ0) is 16.1. The van der Waals surface area contributed by atoms with Crippen molar-refractivity contribution in [3.8, 4) is 17.2 Å². The first-order valence-corrected chi connectivity index (χ1v) is 7.52. The fourth-order valence-electron chi connectivity index (χ4n) is 2.29. The van der Waals surface area contributed by atoms with Gasteiger partial charge in [0.2, 0.25) is 12.7 Å². The zero-order valence-electron chi connectivity index (χ0n) is 12.6. The van der Waals surface area contributed by atoms with E-state index in [1.54, 1.807) is 18.2 Å². The number of aliphatic hydroxyl groups excluding tert-OH is 1. The number of rotatable bonds is 6. The Kier molecular flexibility index (Phi) is 5.16. The van der Waals surface area contributed by atoms with Crippen LogP contribution in [0.4, 0.5) is 0 Å². The molecule has 126 valence electrons. The Morgan fingerprint density at radius 1 is 1.43 bits per heavy atom. The van der Waals surface area contributed by atoms with Crippen molar-refractivity contribution in [2.24, 2.45) is 0 Å². The molecule has 2 heterocycles. The highest BCUT2D eigenvalue weighted by molar-refractivity contribution is 5.82. The Morgan fingerprint density at radius 2 is 2.30 bits per heavy atom. The van der Waals surface area contributed by atoms with E-state index < -0.39 is 6.10 Å². The average Bonchev–Trinajstić information content (AvgIpc) is 3.06. The molecule has 1 aromatic carbocycles. The van der Waals surface area contributed by atoms with Gasteiger partial charge in [-0.15, -0.1) is 0 Å². The van der Waals surface area contributed by atoms with Crippen LogP contribution in [-0.2, 0) is 9.53 Å². The second-order valence-corrected chi connectivity index (χ2v) is 5.31. The summed E-state index contributed by atoms with van der Waals surface area (Å²) in [6.07, 6.45) is -0.811. The van der Waals surface area contributed by atoms with Crippen LogP contribution in [0.5, 0.6) is 17.2 Å². The second-order valence-electron chi connectivity index (χ2n) is 5.31. The number of nitrogens with one attached hydrogen (secondary N) is 2. The molecule has 0 spiro atoms. The highest BCUT2D eigenvalue weighted by Gasteiger charge is 2.21. The van der Waals surface area contributed by atoms with Crippen LogP contribution in [0.3, 0.4) is 0 Å². The monoisotopic (exact) mass is 324 g/mol. The van der Waals surface area contributed by atoms with Gasteiger partial charge in [0.15, 0.2) is 11.5 Å². The molecule has 8 nitrogen and oxygen atoms in total. The molecular weight excluding hydrogens is 304 g/mol. The summed E-state index contributed by atoms with van der Waals surface area (Å²) in [5.74, 6) is 1.68. The Balaban J connectivity index is 1.39. The predicted octanol–water partition coefficient (Wildman–Crippen LogP) is -0.740. The van der Waals surface area contributed by atoms with Crippen molar-refractivity contribution >= 4 is 5.91 Å². The van der Waals surface area contributed by atoms with E-state index in [2.05, 4.69) is 10.6 Å². The molecule has 0 saturated carbocycles. The molecule has 1 amide bonds. The third-order valence-electron chi connectivity index (χ3n) is 3.54. The summed E-state index contributed by atoms with van der Waals surface area (Å²) in [4.78, 5) is 11.9. The number of hydrogen-bond acceptors (Lipinski definition) is 7. The van der Waals surface area contributed by atoms with Gasteiger partial charge in [0.05, 0.1) is 13.2 Å². The lowest BCUT2D eigenvalue weighted by atomic mass is 10.2. The van der Waals surface area contributed by atoms with Crippen LogP contribution in [0.2, 0.25) is 0 Å². The molecule has 1 aromatic rings. The number of fused-ring (bicyclic) bond motifs is 1. The molecule has 0 aliphatic carbocycles. The van der Waals surface area contributed by atoms with E-state index in [0.29, 0.717) is 37.0 Å². The summed E-state index contributed by atoms with van der Waals surface area (Å²) >= 11 is 0. The van der Waals surface area contributed by atoms with Crippen molar-refractivity contribution in [1.82, 2.24) is 10.6 Å². The summed E-state index contributed by atoms with van der Waals surface area (Å²) < 4.78 is 21.2. The average molecular weight is 324 g/mol. The highest BCUT2D eigenvalue weighted by atomic mass is 16.7. The van der Waals surface area contributed by atoms with Gasteiger partial charge in [0.25, 0.3) is 0 Å². The molecule has 0 aromatic heterocycles. The minimum Gasteiger partial charge on any atom is -0.491 e. The first-order chi connectivity index (χ1) is 11.2. The second kappa shape index (κ2) is 7.49. The van der Waals surface area contributed by atoms with E-state index in [0.717, 1.165) is 0 Å². The Morgan fingerprint density at radius 3 is 3.13 bits per heavy atom. The largest absolute Gasteiger partial charge is 0.491 e. The van der Waals surface area contributed by atoms with Gasteiger partial charge in [-0.2, -0.15) is 0 Å². The molecule has 2 aliphatic rings. The Hall–Kier alpha value is -2.03. The quantitative estimate of drug-likeness (QED) is 0.634. The lowest BCUT2D eigenvalue weighted by Gasteiger charge is -2.23. The predicted molar refractivity (Wildman–Crippen MR) is 79.7 cm³/mol. The van der Waals surface area contributed by atoms with Gasteiger partial charge in [-0.1, -0.05) is 0 Å². The number of benzene rings is 1. The number of morpholine rings is 1. The normalized spacial score (nSPS) is 20.8. The van der Waals surface area contributed by atoms with Crippen molar-refractivity contribution in [3.63, 3.8) is 0 Å². The molecular formula is C15H20N2O6. The molecule has 2 unspecified atom stereocenters. The van der Waals surface area contributed by atoms with E-state index in [1.165, 1.54) is 0 Å². The maximum Gasteiger partial charge on any atom is 0.239 e. The smallest absolute Gasteiger partial charge is 0.239 e. The van der Waals surface area contributed by atoms with Gasteiger partial charge in [0, 0.05) is 19.2 Å². The first-order valence-electron chi connectivity index (χ1n) is 7.52. The van der Waals surface area contributed by atoms with Crippen molar-refractivity contribution in [2.75, 3.05) is 39.7 Å². The van der Waals surface area contributed by atoms with Gasteiger partial charge >= 0.3 is 0 Å². The third-order valence-corrected chi connectivity index (χ3v) is 3.54. The number of aliphatic hydroxyl groups is 1.